The third-order valence-electron chi connectivity index (χ3n) is 3.95. The molecular formula is C15H19IO2S. The zero-order valence-electron chi connectivity index (χ0n) is 10.9. The summed E-state index contributed by atoms with van der Waals surface area (Å²) in [5.41, 5.74) is 0.107. The first-order valence-corrected chi connectivity index (χ1v) is 9.13. The first-order chi connectivity index (χ1) is 9.26. The maximum Gasteiger partial charge on any atom is 0.120 e. The van der Waals surface area contributed by atoms with Gasteiger partial charge in [0, 0.05) is 16.4 Å². The SMILES string of the molecule is Ic1cccc(OC2CCOC3(CCSCC3)C2)c1. The van der Waals surface area contributed by atoms with E-state index in [0.29, 0.717) is 6.10 Å². The summed E-state index contributed by atoms with van der Waals surface area (Å²) in [7, 11) is 0. The van der Waals surface area contributed by atoms with Gasteiger partial charge in [-0.2, -0.15) is 11.8 Å². The normalized spacial score (nSPS) is 26.3. The molecule has 2 aliphatic heterocycles. The van der Waals surface area contributed by atoms with Crippen molar-refractivity contribution in [2.45, 2.75) is 37.4 Å². The van der Waals surface area contributed by atoms with E-state index in [-0.39, 0.29) is 5.60 Å². The van der Waals surface area contributed by atoms with E-state index in [1.165, 1.54) is 27.9 Å². The predicted molar refractivity (Wildman–Crippen MR) is 88.1 cm³/mol. The molecule has 1 unspecified atom stereocenters. The Hall–Kier alpha value is 0.0600. The summed E-state index contributed by atoms with van der Waals surface area (Å²) in [4.78, 5) is 0. The van der Waals surface area contributed by atoms with Crippen LogP contribution < -0.4 is 4.74 Å². The molecule has 1 aromatic rings. The van der Waals surface area contributed by atoms with E-state index < -0.39 is 0 Å². The van der Waals surface area contributed by atoms with Gasteiger partial charge in [-0.15, -0.1) is 0 Å². The van der Waals surface area contributed by atoms with Crippen LogP contribution >= 0.6 is 34.4 Å². The Morgan fingerprint density at radius 2 is 2.16 bits per heavy atom. The van der Waals surface area contributed by atoms with Gasteiger partial charge in [0.2, 0.25) is 0 Å². The number of hydrogen-bond donors (Lipinski definition) is 0. The van der Waals surface area contributed by atoms with Crippen LogP contribution in [0.4, 0.5) is 0 Å². The van der Waals surface area contributed by atoms with Gasteiger partial charge in [-0.25, -0.2) is 0 Å². The maximum absolute atomic E-state index is 6.17. The molecule has 0 amide bonds. The Morgan fingerprint density at radius 1 is 1.32 bits per heavy atom. The van der Waals surface area contributed by atoms with Crippen molar-refractivity contribution in [3.8, 4) is 5.75 Å². The van der Waals surface area contributed by atoms with Crippen LogP contribution in [0.1, 0.15) is 25.7 Å². The minimum atomic E-state index is 0.107. The van der Waals surface area contributed by atoms with Gasteiger partial charge in [0.15, 0.2) is 0 Å². The van der Waals surface area contributed by atoms with Crippen molar-refractivity contribution in [2.75, 3.05) is 18.1 Å². The molecule has 0 aromatic heterocycles. The van der Waals surface area contributed by atoms with Gasteiger partial charge < -0.3 is 9.47 Å². The van der Waals surface area contributed by atoms with E-state index in [0.717, 1.165) is 25.2 Å². The van der Waals surface area contributed by atoms with Crippen molar-refractivity contribution >= 4 is 34.4 Å². The van der Waals surface area contributed by atoms with Gasteiger partial charge in [0.1, 0.15) is 11.9 Å². The highest BCUT2D eigenvalue weighted by molar-refractivity contribution is 14.1. The van der Waals surface area contributed by atoms with E-state index in [4.69, 9.17) is 9.47 Å². The molecule has 104 valence electrons. The smallest absolute Gasteiger partial charge is 0.120 e. The molecule has 2 heterocycles. The van der Waals surface area contributed by atoms with E-state index >= 15 is 0 Å². The summed E-state index contributed by atoms with van der Waals surface area (Å²) in [5.74, 6) is 3.46. The van der Waals surface area contributed by atoms with E-state index in [1.54, 1.807) is 0 Å². The van der Waals surface area contributed by atoms with Crippen LogP contribution in [0.15, 0.2) is 24.3 Å². The average Bonchev–Trinajstić information content (AvgIpc) is 2.40. The van der Waals surface area contributed by atoms with Crippen molar-refractivity contribution in [1.29, 1.82) is 0 Å². The number of benzene rings is 1. The van der Waals surface area contributed by atoms with Crippen molar-refractivity contribution in [2.24, 2.45) is 0 Å². The molecule has 2 fully saturated rings. The molecule has 0 N–H and O–H groups in total. The third-order valence-corrected chi connectivity index (χ3v) is 5.61. The summed E-state index contributed by atoms with van der Waals surface area (Å²) < 4.78 is 13.5. The fourth-order valence-electron chi connectivity index (χ4n) is 2.91. The molecule has 1 atom stereocenters. The molecule has 0 saturated carbocycles. The summed E-state index contributed by atoms with van der Waals surface area (Å²) in [6, 6.07) is 8.32. The van der Waals surface area contributed by atoms with Crippen LogP contribution in [0.25, 0.3) is 0 Å². The summed E-state index contributed by atoms with van der Waals surface area (Å²) in [5, 5.41) is 0. The number of ether oxygens (including phenoxy) is 2. The Bertz CT molecular complexity index is 426. The lowest BCUT2D eigenvalue weighted by Crippen LogP contribution is -2.46. The molecule has 2 aliphatic rings. The molecule has 0 radical (unpaired) electrons. The standard InChI is InChI=1S/C15H19IO2S/c16-12-2-1-3-13(10-12)18-14-4-7-17-15(11-14)5-8-19-9-6-15/h1-3,10,14H,4-9,11H2. The monoisotopic (exact) mass is 390 g/mol. The zero-order chi connectivity index (χ0) is 13.1. The highest BCUT2D eigenvalue weighted by Crippen LogP contribution is 2.38. The highest BCUT2D eigenvalue weighted by Gasteiger charge is 2.39. The maximum atomic E-state index is 6.17. The lowest BCUT2D eigenvalue weighted by molar-refractivity contribution is -0.116. The molecule has 3 rings (SSSR count). The van der Waals surface area contributed by atoms with Crippen molar-refractivity contribution in [3.05, 3.63) is 27.8 Å². The summed E-state index contributed by atoms with van der Waals surface area (Å²) in [6.07, 6.45) is 4.75. The van der Waals surface area contributed by atoms with Crippen LogP contribution in [0.2, 0.25) is 0 Å². The fourth-order valence-corrected chi connectivity index (χ4v) is 4.66. The second-order valence-electron chi connectivity index (χ2n) is 5.33. The first-order valence-electron chi connectivity index (χ1n) is 6.90. The van der Waals surface area contributed by atoms with Gasteiger partial charge in [0.05, 0.1) is 12.2 Å². The van der Waals surface area contributed by atoms with Gasteiger partial charge in [-0.05, 0) is 65.1 Å². The Labute approximate surface area is 132 Å². The molecule has 2 saturated heterocycles. The fraction of sp³-hybridized carbons (Fsp3) is 0.600. The van der Waals surface area contributed by atoms with Crippen molar-refractivity contribution < 1.29 is 9.47 Å². The van der Waals surface area contributed by atoms with Crippen LogP contribution in [-0.2, 0) is 4.74 Å². The number of rotatable bonds is 2. The number of halogens is 1. The Balaban J connectivity index is 1.65. The molecule has 4 heteroatoms. The molecule has 0 aliphatic carbocycles. The first kappa shape index (κ1) is 14.0. The van der Waals surface area contributed by atoms with Crippen LogP contribution in [0, 0.1) is 3.57 Å². The third kappa shape index (κ3) is 3.58. The molecule has 19 heavy (non-hydrogen) atoms. The number of thioether (sulfide) groups is 1. The van der Waals surface area contributed by atoms with Gasteiger partial charge in [-0.1, -0.05) is 6.07 Å². The largest absolute Gasteiger partial charge is 0.490 e. The van der Waals surface area contributed by atoms with Gasteiger partial charge in [-0.3, -0.25) is 0 Å². The van der Waals surface area contributed by atoms with Crippen LogP contribution in [0.3, 0.4) is 0 Å². The lowest BCUT2D eigenvalue weighted by Gasteiger charge is -2.43. The van der Waals surface area contributed by atoms with Crippen molar-refractivity contribution in [3.63, 3.8) is 0 Å². The average molecular weight is 390 g/mol. The highest BCUT2D eigenvalue weighted by atomic mass is 127. The minimum absolute atomic E-state index is 0.107. The van der Waals surface area contributed by atoms with Crippen LogP contribution in [-0.4, -0.2) is 29.8 Å². The van der Waals surface area contributed by atoms with E-state index in [1.807, 2.05) is 11.8 Å². The zero-order valence-corrected chi connectivity index (χ0v) is 13.9. The molecule has 1 spiro atoms. The Morgan fingerprint density at radius 3 is 2.95 bits per heavy atom. The summed E-state index contributed by atoms with van der Waals surface area (Å²) in [6.45, 7) is 0.846. The lowest BCUT2D eigenvalue weighted by atomic mass is 9.86. The van der Waals surface area contributed by atoms with Gasteiger partial charge in [0.25, 0.3) is 0 Å². The van der Waals surface area contributed by atoms with Gasteiger partial charge >= 0.3 is 0 Å². The second kappa shape index (κ2) is 6.22. The second-order valence-corrected chi connectivity index (χ2v) is 7.80. The minimum Gasteiger partial charge on any atom is -0.490 e. The van der Waals surface area contributed by atoms with Crippen LogP contribution in [0.5, 0.6) is 5.75 Å². The van der Waals surface area contributed by atoms with E-state index in [2.05, 4.69) is 46.9 Å². The molecule has 1 aromatic carbocycles. The quantitative estimate of drug-likeness (QED) is 0.708. The topological polar surface area (TPSA) is 18.5 Å². The molecule has 0 bridgehead atoms. The molecular weight excluding hydrogens is 371 g/mol. The Kier molecular flexibility index (Phi) is 4.59. The summed E-state index contributed by atoms with van der Waals surface area (Å²) >= 11 is 4.38. The number of hydrogen-bond acceptors (Lipinski definition) is 3. The van der Waals surface area contributed by atoms with Crippen molar-refractivity contribution in [1.82, 2.24) is 0 Å². The van der Waals surface area contributed by atoms with E-state index in [9.17, 15) is 0 Å². The molecule has 2 nitrogen and oxygen atoms in total. The predicted octanol–water partition coefficient (Wildman–Crippen LogP) is 4.11.